The lowest BCUT2D eigenvalue weighted by molar-refractivity contribution is -0.159. The van der Waals surface area contributed by atoms with Crippen LogP contribution in [0.25, 0.3) is 11.4 Å². The van der Waals surface area contributed by atoms with E-state index in [1.807, 2.05) is 0 Å². The Morgan fingerprint density at radius 2 is 2.00 bits per heavy atom. The number of aromatic nitrogens is 2. The highest BCUT2D eigenvalue weighted by Gasteiger charge is 2.38. The van der Waals surface area contributed by atoms with Gasteiger partial charge in [-0.25, -0.2) is 0 Å². The topological polar surface area (TPSA) is 59.2 Å². The van der Waals surface area contributed by atoms with E-state index < -0.39 is 12.1 Å². The number of carbonyl (C=O) groups excluding carboxylic acids is 1. The molecule has 0 aliphatic heterocycles. The maximum Gasteiger partial charge on any atom is 0.471 e. The van der Waals surface area contributed by atoms with E-state index in [1.54, 1.807) is 29.2 Å². The predicted octanol–water partition coefficient (Wildman–Crippen LogP) is 3.52. The molecule has 5 nitrogen and oxygen atoms in total. The van der Waals surface area contributed by atoms with E-state index in [2.05, 4.69) is 20.6 Å². The molecule has 0 atom stereocenters. The SMILES string of the molecule is C#CCN(Cc1ccc(-c2noc(C(F)(F)F)n2)cc1)C(=O)CC1CC1. The molecule has 1 aliphatic rings. The van der Waals surface area contributed by atoms with Gasteiger partial charge in [0.1, 0.15) is 0 Å². The van der Waals surface area contributed by atoms with Gasteiger partial charge in [-0.3, -0.25) is 4.79 Å². The molecule has 2 aromatic rings. The van der Waals surface area contributed by atoms with Gasteiger partial charge in [-0.2, -0.15) is 18.2 Å². The Labute approximate surface area is 148 Å². The van der Waals surface area contributed by atoms with Crippen LogP contribution in [0.5, 0.6) is 0 Å². The predicted molar refractivity (Wildman–Crippen MR) is 86.3 cm³/mol. The average Bonchev–Trinajstić information content (AvgIpc) is 3.25. The Morgan fingerprint density at radius 1 is 1.31 bits per heavy atom. The van der Waals surface area contributed by atoms with Crippen molar-refractivity contribution in [1.82, 2.24) is 15.0 Å². The van der Waals surface area contributed by atoms with E-state index in [4.69, 9.17) is 6.42 Å². The van der Waals surface area contributed by atoms with Gasteiger partial charge >= 0.3 is 12.1 Å². The van der Waals surface area contributed by atoms with Crippen LogP contribution in [0.2, 0.25) is 0 Å². The van der Waals surface area contributed by atoms with Crippen LogP contribution in [0.1, 0.15) is 30.7 Å². The van der Waals surface area contributed by atoms with E-state index in [1.165, 1.54) is 0 Å². The molecule has 1 aromatic carbocycles. The number of carbonyl (C=O) groups is 1. The molecule has 136 valence electrons. The van der Waals surface area contributed by atoms with Crippen molar-refractivity contribution in [2.75, 3.05) is 6.54 Å². The van der Waals surface area contributed by atoms with Crippen LogP contribution in [-0.2, 0) is 17.5 Å². The molecule has 0 saturated heterocycles. The molecule has 0 bridgehead atoms. The zero-order valence-corrected chi connectivity index (χ0v) is 13.8. The number of hydrogen-bond donors (Lipinski definition) is 0. The fourth-order valence-corrected chi connectivity index (χ4v) is 2.48. The summed E-state index contributed by atoms with van der Waals surface area (Å²) in [6.45, 7) is 0.559. The van der Waals surface area contributed by atoms with Gasteiger partial charge in [0.05, 0.1) is 6.54 Å². The summed E-state index contributed by atoms with van der Waals surface area (Å²) in [7, 11) is 0. The summed E-state index contributed by atoms with van der Waals surface area (Å²) in [5, 5.41) is 3.34. The second kappa shape index (κ2) is 7.20. The second-order valence-electron chi connectivity index (χ2n) is 6.22. The minimum Gasteiger partial charge on any atom is -0.329 e. The zero-order valence-electron chi connectivity index (χ0n) is 13.8. The molecule has 1 fully saturated rings. The molecule has 1 amide bonds. The Hall–Kier alpha value is -2.82. The molecule has 1 aliphatic carbocycles. The molecule has 1 heterocycles. The lowest BCUT2D eigenvalue weighted by Crippen LogP contribution is -2.31. The van der Waals surface area contributed by atoms with Gasteiger partial charge < -0.3 is 9.42 Å². The van der Waals surface area contributed by atoms with Gasteiger partial charge in [0.25, 0.3) is 0 Å². The number of amides is 1. The van der Waals surface area contributed by atoms with Crippen LogP contribution in [0.15, 0.2) is 28.8 Å². The van der Waals surface area contributed by atoms with Crippen LogP contribution >= 0.6 is 0 Å². The van der Waals surface area contributed by atoms with Crippen molar-refractivity contribution in [2.45, 2.75) is 32.0 Å². The minimum absolute atomic E-state index is 0.0162. The number of terminal acetylenes is 1. The van der Waals surface area contributed by atoms with Gasteiger partial charge in [0, 0.05) is 18.5 Å². The van der Waals surface area contributed by atoms with Crippen molar-refractivity contribution in [3.05, 3.63) is 35.7 Å². The maximum atomic E-state index is 12.5. The molecule has 0 radical (unpaired) electrons. The van der Waals surface area contributed by atoms with Crippen molar-refractivity contribution in [3.63, 3.8) is 0 Å². The lowest BCUT2D eigenvalue weighted by Gasteiger charge is -2.20. The largest absolute Gasteiger partial charge is 0.471 e. The van der Waals surface area contributed by atoms with Crippen molar-refractivity contribution in [3.8, 4) is 23.7 Å². The number of hydrogen-bond acceptors (Lipinski definition) is 4. The van der Waals surface area contributed by atoms with Gasteiger partial charge in [0.2, 0.25) is 11.7 Å². The number of nitrogens with zero attached hydrogens (tertiary/aromatic N) is 3. The van der Waals surface area contributed by atoms with Crippen molar-refractivity contribution in [1.29, 1.82) is 0 Å². The number of benzene rings is 1. The minimum atomic E-state index is -4.68. The number of alkyl halides is 3. The number of rotatable bonds is 6. The van der Waals surface area contributed by atoms with Crippen molar-refractivity contribution < 1.29 is 22.5 Å². The van der Waals surface area contributed by atoms with E-state index >= 15 is 0 Å². The van der Waals surface area contributed by atoms with Gasteiger partial charge in [0.15, 0.2) is 0 Å². The fourth-order valence-electron chi connectivity index (χ4n) is 2.48. The Bertz CT molecular complexity index is 817. The van der Waals surface area contributed by atoms with E-state index in [-0.39, 0.29) is 18.3 Å². The summed E-state index contributed by atoms with van der Waals surface area (Å²) in [4.78, 5) is 17.2. The average molecular weight is 363 g/mol. The summed E-state index contributed by atoms with van der Waals surface area (Å²) in [6.07, 6.45) is 3.32. The monoisotopic (exact) mass is 363 g/mol. The third-order valence-electron chi connectivity index (χ3n) is 4.05. The van der Waals surface area contributed by atoms with Crippen molar-refractivity contribution in [2.24, 2.45) is 5.92 Å². The van der Waals surface area contributed by atoms with E-state index in [0.29, 0.717) is 24.4 Å². The smallest absolute Gasteiger partial charge is 0.329 e. The highest BCUT2D eigenvalue weighted by molar-refractivity contribution is 5.77. The first kappa shape index (κ1) is 18.0. The molecule has 0 unspecified atom stereocenters. The molecule has 1 aromatic heterocycles. The Morgan fingerprint density at radius 3 is 2.54 bits per heavy atom. The fraction of sp³-hybridized carbons (Fsp3) is 0.389. The van der Waals surface area contributed by atoms with Gasteiger partial charge in [-0.05, 0) is 24.3 Å². The normalized spacial score (nSPS) is 14.1. The summed E-state index contributed by atoms with van der Waals surface area (Å²) >= 11 is 0. The summed E-state index contributed by atoms with van der Waals surface area (Å²) in [6, 6.07) is 6.57. The standard InChI is InChI=1S/C18H16F3N3O2/c1-2-9-24(15(25)10-12-3-4-12)11-13-5-7-14(8-6-13)16-22-17(26-23-16)18(19,20)21/h1,5-8,12H,3-4,9-11H2. The molecular weight excluding hydrogens is 347 g/mol. The Kier molecular flexibility index (Phi) is 4.98. The molecule has 1 saturated carbocycles. The second-order valence-corrected chi connectivity index (χ2v) is 6.22. The zero-order chi connectivity index (χ0) is 18.7. The van der Waals surface area contributed by atoms with Crippen LogP contribution < -0.4 is 0 Å². The highest BCUT2D eigenvalue weighted by Crippen LogP contribution is 2.33. The molecule has 0 spiro atoms. The first-order valence-corrected chi connectivity index (χ1v) is 8.08. The van der Waals surface area contributed by atoms with Crippen LogP contribution in [0.3, 0.4) is 0 Å². The third kappa shape index (κ3) is 4.42. The van der Waals surface area contributed by atoms with Crippen LogP contribution in [-0.4, -0.2) is 27.5 Å². The number of halogens is 3. The molecular formula is C18H16F3N3O2. The van der Waals surface area contributed by atoms with Gasteiger partial charge in [-0.1, -0.05) is 35.3 Å². The Balaban J connectivity index is 1.69. The highest BCUT2D eigenvalue weighted by atomic mass is 19.4. The first-order chi connectivity index (χ1) is 12.4. The summed E-state index contributed by atoms with van der Waals surface area (Å²) in [5.74, 6) is 1.43. The third-order valence-corrected chi connectivity index (χ3v) is 4.05. The molecule has 0 N–H and O–H groups in total. The summed E-state index contributed by atoms with van der Waals surface area (Å²) < 4.78 is 41.8. The first-order valence-electron chi connectivity index (χ1n) is 8.08. The van der Waals surface area contributed by atoms with E-state index in [0.717, 1.165) is 18.4 Å². The van der Waals surface area contributed by atoms with Crippen molar-refractivity contribution >= 4 is 5.91 Å². The van der Waals surface area contributed by atoms with Gasteiger partial charge in [-0.15, -0.1) is 6.42 Å². The molecule has 26 heavy (non-hydrogen) atoms. The molecule has 3 rings (SSSR count). The lowest BCUT2D eigenvalue weighted by atomic mass is 10.1. The van der Waals surface area contributed by atoms with E-state index in [9.17, 15) is 18.0 Å². The van der Waals surface area contributed by atoms with Crippen LogP contribution in [0.4, 0.5) is 13.2 Å². The van der Waals surface area contributed by atoms with Crippen LogP contribution in [0, 0.1) is 18.3 Å². The maximum absolute atomic E-state index is 12.5. The summed E-state index contributed by atoms with van der Waals surface area (Å²) in [5.41, 5.74) is 1.20. The molecule has 8 heteroatoms. The quantitative estimate of drug-likeness (QED) is 0.737.